The van der Waals surface area contributed by atoms with Gasteiger partial charge in [0.25, 0.3) is 0 Å². The summed E-state index contributed by atoms with van der Waals surface area (Å²) in [6.07, 6.45) is 0.268. The number of nitrogens with zero attached hydrogens (tertiary/aromatic N) is 3. The third kappa shape index (κ3) is 6.55. The van der Waals surface area contributed by atoms with Crippen LogP contribution < -0.4 is 15.5 Å². The van der Waals surface area contributed by atoms with Crippen molar-refractivity contribution in [2.75, 3.05) is 43.5 Å². The number of anilines is 2. The molecule has 2 N–H and O–H groups in total. The van der Waals surface area contributed by atoms with Gasteiger partial charge in [-0.1, -0.05) is 11.6 Å². The Morgan fingerprint density at radius 3 is 2.92 bits per heavy atom. The molecule has 25 heavy (non-hydrogen) atoms. The summed E-state index contributed by atoms with van der Waals surface area (Å²) in [6.45, 7) is 7.98. The molecule has 2 rings (SSSR count). The molecule has 1 aromatic heterocycles. The van der Waals surface area contributed by atoms with Gasteiger partial charge in [-0.2, -0.15) is 4.98 Å². The highest BCUT2D eigenvalue weighted by atomic mass is 35.5. The van der Waals surface area contributed by atoms with Crippen molar-refractivity contribution >= 4 is 29.5 Å². The number of rotatable bonds is 5. The molecule has 0 aliphatic carbocycles. The Kier molecular flexibility index (Phi) is 6.66. The number of hydrogen-bond acceptors (Lipinski definition) is 7. The van der Waals surface area contributed by atoms with Crippen LogP contribution in [0.2, 0.25) is 5.15 Å². The van der Waals surface area contributed by atoms with E-state index in [4.69, 9.17) is 21.1 Å². The maximum atomic E-state index is 11.7. The van der Waals surface area contributed by atoms with Crippen molar-refractivity contribution in [2.45, 2.75) is 38.9 Å². The average molecular weight is 372 g/mol. The highest BCUT2D eigenvalue weighted by molar-refractivity contribution is 6.29. The van der Waals surface area contributed by atoms with Crippen molar-refractivity contribution < 1.29 is 14.3 Å². The van der Waals surface area contributed by atoms with Crippen molar-refractivity contribution in [2.24, 2.45) is 0 Å². The second-order valence-electron chi connectivity index (χ2n) is 6.78. The molecule has 2 heterocycles. The quantitative estimate of drug-likeness (QED) is 0.767. The van der Waals surface area contributed by atoms with E-state index in [1.165, 1.54) is 0 Å². The molecule has 1 atom stereocenters. The van der Waals surface area contributed by atoms with Gasteiger partial charge in [0.05, 0.1) is 12.7 Å². The summed E-state index contributed by atoms with van der Waals surface area (Å²) in [5, 5.41) is 6.04. The van der Waals surface area contributed by atoms with Crippen molar-refractivity contribution in [3.05, 3.63) is 11.2 Å². The van der Waals surface area contributed by atoms with Gasteiger partial charge >= 0.3 is 6.09 Å². The summed E-state index contributed by atoms with van der Waals surface area (Å²) in [6, 6.07) is 1.74. The van der Waals surface area contributed by atoms with E-state index in [0.29, 0.717) is 37.2 Å². The van der Waals surface area contributed by atoms with Crippen molar-refractivity contribution in [1.82, 2.24) is 15.3 Å². The molecule has 0 aromatic carbocycles. The highest BCUT2D eigenvalue weighted by Crippen LogP contribution is 2.21. The number of morpholine rings is 1. The largest absolute Gasteiger partial charge is 0.444 e. The zero-order valence-corrected chi connectivity index (χ0v) is 15.9. The number of hydrogen-bond donors (Lipinski definition) is 2. The van der Waals surface area contributed by atoms with Crippen LogP contribution in [-0.2, 0) is 9.47 Å². The van der Waals surface area contributed by atoms with Gasteiger partial charge in [-0.15, -0.1) is 0 Å². The summed E-state index contributed by atoms with van der Waals surface area (Å²) in [5.41, 5.74) is -0.500. The number of nitrogens with one attached hydrogen (secondary N) is 2. The maximum absolute atomic E-state index is 11.7. The molecule has 0 unspecified atom stereocenters. The molecule has 0 bridgehead atoms. The topological polar surface area (TPSA) is 88.6 Å². The van der Waals surface area contributed by atoms with Crippen LogP contribution in [0.15, 0.2) is 6.07 Å². The zero-order chi connectivity index (χ0) is 18.4. The lowest BCUT2D eigenvalue weighted by Crippen LogP contribution is -2.44. The molecule has 1 aliphatic heterocycles. The van der Waals surface area contributed by atoms with Gasteiger partial charge in [0.15, 0.2) is 0 Å². The van der Waals surface area contributed by atoms with Crippen LogP contribution in [0, 0.1) is 0 Å². The van der Waals surface area contributed by atoms with Gasteiger partial charge in [-0.25, -0.2) is 9.78 Å². The van der Waals surface area contributed by atoms with Crippen LogP contribution in [0.1, 0.15) is 27.2 Å². The first kappa shape index (κ1) is 19.5. The molecule has 0 spiro atoms. The Morgan fingerprint density at radius 1 is 1.48 bits per heavy atom. The van der Waals surface area contributed by atoms with Crippen LogP contribution in [0.25, 0.3) is 0 Å². The predicted molar refractivity (Wildman–Crippen MR) is 97.4 cm³/mol. The standard InChI is InChI=1S/C16H26ClN5O3/c1-16(2,3)25-15(23)19-6-5-11-10-22(7-8-24-11)13-9-12(17)20-14(18-4)21-13/h9,11H,5-8,10H2,1-4H3,(H,19,23)(H,18,20,21)/t11-/m1/s1. The molecule has 1 saturated heterocycles. The SMILES string of the molecule is CNc1nc(Cl)cc(N2CCO[C@H](CCNC(=O)OC(C)(C)C)C2)n1. The van der Waals surface area contributed by atoms with Gasteiger partial charge in [0, 0.05) is 32.7 Å². The number of halogens is 1. The summed E-state index contributed by atoms with van der Waals surface area (Å²) in [7, 11) is 1.75. The monoisotopic (exact) mass is 371 g/mol. The van der Waals surface area contributed by atoms with Crippen LogP contribution in [-0.4, -0.2) is 61.1 Å². The van der Waals surface area contributed by atoms with Gasteiger partial charge in [-0.05, 0) is 27.2 Å². The van der Waals surface area contributed by atoms with E-state index in [-0.39, 0.29) is 6.10 Å². The first-order valence-electron chi connectivity index (χ1n) is 8.32. The Bertz CT molecular complexity index is 594. The summed E-state index contributed by atoms with van der Waals surface area (Å²) < 4.78 is 11.0. The lowest BCUT2D eigenvalue weighted by molar-refractivity contribution is 0.0318. The van der Waals surface area contributed by atoms with E-state index in [1.807, 2.05) is 20.8 Å². The van der Waals surface area contributed by atoms with E-state index >= 15 is 0 Å². The second kappa shape index (κ2) is 8.53. The molecular formula is C16H26ClN5O3. The fourth-order valence-electron chi connectivity index (χ4n) is 2.43. The Balaban J connectivity index is 1.85. The first-order valence-corrected chi connectivity index (χ1v) is 8.70. The first-order chi connectivity index (χ1) is 11.8. The van der Waals surface area contributed by atoms with E-state index < -0.39 is 11.7 Å². The van der Waals surface area contributed by atoms with Crippen LogP contribution in [0.5, 0.6) is 0 Å². The minimum Gasteiger partial charge on any atom is -0.444 e. The minimum atomic E-state index is -0.500. The second-order valence-corrected chi connectivity index (χ2v) is 7.17. The fraction of sp³-hybridized carbons (Fsp3) is 0.688. The number of aromatic nitrogens is 2. The molecule has 8 nitrogen and oxygen atoms in total. The van der Waals surface area contributed by atoms with Gasteiger partial charge in [0.1, 0.15) is 16.6 Å². The third-order valence-electron chi connectivity index (χ3n) is 3.50. The molecule has 1 aliphatic rings. The summed E-state index contributed by atoms with van der Waals surface area (Å²) >= 11 is 6.05. The Morgan fingerprint density at radius 2 is 2.24 bits per heavy atom. The molecule has 1 fully saturated rings. The van der Waals surface area contributed by atoms with E-state index in [2.05, 4.69) is 25.5 Å². The molecule has 0 saturated carbocycles. The number of alkyl carbamates (subject to hydrolysis) is 1. The molecule has 1 amide bonds. The number of carbonyl (C=O) groups is 1. The van der Waals surface area contributed by atoms with Crippen LogP contribution in [0.4, 0.5) is 16.6 Å². The van der Waals surface area contributed by atoms with E-state index in [0.717, 1.165) is 12.4 Å². The van der Waals surface area contributed by atoms with Crippen molar-refractivity contribution in [1.29, 1.82) is 0 Å². The molecule has 140 valence electrons. The molecule has 0 radical (unpaired) electrons. The molecule has 9 heteroatoms. The van der Waals surface area contributed by atoms with Gasteiger partial charge in [0.2, 0.25) is 5.95 Å². The lowest BCUT2D eigenvalue weighted by atomic mass is 10.2. The highest BCUT2D eigenvalue weighted by Gasteiger charge is 2.23. The number of ether oxygens (including phenoxy) is 2. The van der Waals surface area contributed by atoms with Crippen molar-refractivity contribution in [3.8, 4) is 0 Å². The minimum absolute atomic E-state index is 0.00420. The van der Waals surface area contributed by atoms with Crippen molar-refractivity contribution in [3.63, 3.8) is 0 Å². The number of carbonyl (C=O) groups excluding carboxylic acids is 1. The Hall–Kier alpha value is -1.80. The van der Waals surface area contributed by atoms with E-state index in [1.54, 1.807) is 13.1 Å². The Labute approximate surface area is 153 Å². The number of amides is 1. The molecular weight excluding hydrogens is 346 g/mol. The maximum Gasteiger partial charge on any atom is 0.407 e. The van der Waals surface area contributed by atoms with E-state index in [9.17, 15) is 4.79 Å². The predicted octanol–water partition coefficient (Wildman–Crippen LogP) is 2.29. The van der Waals surface area contributed by atoms with Crippen LogP contribution in [0.3, 0.4) is 0 Å². The van der Waals surface area contributed by atoms with Crippen LogP contribution >= 0.6 is 11.6 Å². The fourth-order valence-corrected chi connectivity index (χ4v) is 2.61. The smallest absolute Gasteiger partial charge is 0.407 e. The normalized spacial score (nSPS) is 18.0. The lowest BCUT2D eigenvalue weighted by Gasteiger charge is -2.34. The van der Waals surface area contributed by atoms with Gasteiger partial charge < -0.3 is 25.0 Å². The average Bonchev–Trinajstić information content (AvgIpc) is 2.53. The zero-order valence-electron chi connectivity index (χ0n) is 15.1. The third-order valence-corrected chi connectivity index (χ3v) is 3.70. The molecule has 1 aromatic rings. The summed E-state index contributed by atoms with van der Waals surface area (Å²) in [4.78, 5) is 22.3. The van der Waals surface area contributed by atoms with Gasteiger partial charge in [-0.3, -0.25) is 0 Å². The summed E-state index contributed by atoms with van der Waals surface area (Å²) in [5.74, 6) is 1.25.